The first kappa shape index (κ1) is 13.9. The molecule has 88 valence electrons. The predicted octanol–water partition coefficient (Wildman–Crippen LogP) is 1.77. The van der Waals surface area contributed by atoms with Gasteiger partial charge >= 0.3 is 11.9 Å². The molecule has 0 aliphatic rings. The largest absolute Gasteiger partial charge is 0.469 e. The summed E-state index contributed by atoms with van der Waals surface area (Å²) in [7, 11) is 1.31. The molecule has 0 rings (SSSR count). The summed E-state index contributed by atoms with van der Waals surface area (Å²) in [5.41, 5.74) is 0. The summed E-state index contributed by atoms with van der Waals surface area (Å²) in [5.74, 6) is -1.62. The van der Waals surface area contributed by atoms with E-state index in [0.717, 1.165) is 12.8 Å². The van der Waals surface area contributed by atoms with Gasteiger partial charge in [-0.2, -0.15) is 0 Å². The number of carbonyl (C=O) groups is 2. The lowest BCUT2D eigenvalue weighted by Crippen LogP contribution is -2.28. The number of carbonyl (C=O) groups excluding carboxylic acids is 2. The number of hydrogen-bond donors (Lipinski definition) is 0. The predicted molar refractivity (Wildman–Crippen MR) is 56.2 cm³/mol. The van der Waals surface area contributed by atoms with E-state index >= 15 is 0 Å². The number of unbranched alkanes of at least 4 members (excludes halogenated alkanes) is 1. The highest BCUT2D eigenvalue weighted by Gasteiger charge is 2.27. The molecule has 0 bridgehead atoms. The Morgan fingerprint density at radius 2 is 1.67 bits per heavy atom. The van der Waals surface area contributed by atoms with Crippen molar-refractivity contribution in [2.45, 2.75) is 33.6 Å². The summed E-state index contributed by atoms with van der Waals surface area (Å²) in [6, 6.07) is 0. The van der Waals surface area contributed by atoms with Crippen LogP contribution in [0.15, 0.2) is 0 Å². The minimum absolute atomic E-state index is 0.332. The van der Waals surface area contributed by atoms with E-state index < -0.39 is 11.8 Å². The van der Waals surface area contributed by atoms with E-state index in [1.807, 2.05) is 6.92 Å². The van der Waals surface area contributed by atoms with E-state index in [2.05, 4.69) is 4.74 Å². The SMILES string of the molecule is CCCCOC(=O)C(C)C(C)C(=O)OC. The molecule has 2 unspecified atom stereocenters. The fraction of sp³-hybridized carbons (Fsp3) is 0.818. The maximum atomic E-state index is 11.4. The van der Waals surface area contributed by atoms with Crippen LogP contribution in [0.25, 0.3) is 0 Å². The first-order valence-electron chi connectivity index (χ1n) is 5.29. The van der Waals surface area contributed by atoms with Gasteiger partial charge in [0.15, 0.2) is 0 Å². The minimum Gasteiger partial charge on any atom is -0.469 e. The zero-order chi connectivity index (χ0) is 11.8. The molecular weight excluding hydrogens is 196 g/mol. The Morgan fingerprint density at radius 1 is 1.13 bits per heavy atom. The molecule has 0 heterocycles. The van der Waals surface area contributed by atoms with E-state index in [-0.39, 0.29) is 11.9 Å². The second-order valence-electron chi connectivity index (χ2n) is 3.62. The monoisotopic (exact) mass is 216 g/mol. The Morgan fingerprint density at radius 3 is 2.13 bits per heavy atom. The molecule has 4 nitrogen and oxygen atoms in total. The van der Waals surface area contributed by atoms with E-state index in [4.69, 9.17) is 4.74 Å². The van der Waals surface area contributed by atoms with Gasteiger partial charge in [-0.15, -0.1) is 0 Å². The van der Waals surface area contributed by atoms with E-state index in [1.165, 1.54) is 7.11 Å². The average molecular weight is 216 g/mol. The summed E-state index contributed by atoms with van der Waals surface area (Å²) in [5, 5.41) is 0. The van der Waals surface area contributed by atoms with Gasteiger partial charge in [-0.3, -0.25) is 9.59 Å². The lowest BCUT2D eigenvalue weighted by molar-refractivity contribution is -0.157. The Bertz CT molecular complexity index is 213. The van der Waals surface area contributed by atoms with Gasteiger partial charge in [0.1, 0.15) is 0 Å². The van der Waals surface area contributed by atoms with Crippen molar-refractivity contribution in [3.8, 4) is 0 Å². The quantitative estimate of drug-likeness (QED) is 0.501. The molecule has 4 heteroatoms. The molecule has 0 aromatic carbocycles. The fourth-order valence-electron chi connectivity index (χ4n) is 1.04. The third-order valence-electron chi connectivity index (χ3n) is 2.44. The molecule has 0 radical (unpaired) electrons. The van der Waals surface area contributed by atoms with Crippen LogP contribution in [0.4, 0.5) is 0 Å². The second-order valence-corrected chi connectivity index (χ2v) is 3.62. The number of ether oxygens (including phenoxy) is 2. The first-order valence-corrected chi connectivity index (χ1v) is 5.29. The van der Waals surface area contributed by atoms with E-state index in [1.54, 1.807) is 13.8 Å². The molecule has 0 amide bonds. The van der Waals surface area contributed by atoms with Crippen LogP contribution in [0, 0.1) is 11.8 Å². The van der Waals surface area contributed by atoms with Gasteiger partial charge in [-0.05, 0) is 6.42 Å². The van der Waals surface area contributed by atoms with Crippen LogP contribution >= 0.6 is 0 Å². The Labute approximate surface area is 90.9 Å². The second kappa shape index (κ2) is 7.26. The summed E-state index contributed by atoms with van der Waals surface area (Å²) in [6.07, 6.45) is 1.83. The van der Waals surface area contributed by atoms with Crippen molar-refractivity contribution in [3.63, 3.8) is 0 Å². The van der Waals surface area contributed by atoms with Gasteiger partial charge in [0, 0.05) is 0 Å². The van der Waals surface area contributed by atoms with Crippen molar-refractivity contribution < 1.29 is 19.1 Å². The van der Waals surface area contributed by atoms with Crippen LogP contribution in [0.1, 0.15) is 33.6 Å². The van der Waals surface area contributed by atoms with Crippen molar-refractivity contribution in [3.05, 3.63) is 0 Å². The van der Waals surface area contributed by atoms with Crippen LogP contribution in [-0.4, -0.2) is 25.7 Å². The van der Waals surface area contributed by atoms with Crippen molar-refractivity contribution >= 4 is 11.9 Å². The van der Waals surface area contributed by atoms with Crippen LogP contribution in [-0.2, 0) is 19.1 Å². The van der Waals surface area contributed by atoms with Gasteiger partial charge in [0.2, 0.25) is 0 Å². The third kappa shape index (κ3) is 4.81. The van der Waals surface area contributed by atoms with E-state index in [0.29, 0.717) is 6.61 Å². The summed E-state index contributed by atoms with van der Waals surface area (Å²) >= 11 is 0. The van der Waals surface area contributed by atoms with Crippen LogP contribution in [0.5, 0.6) is 0 Å². The summed E-state index contributed by atoms with van der Waals surface area (Å²) < 4.78 is 9.58. The van der Waals surface area contributed by atoms with E-state index in [9.17, 15) is 9.59 Å². The van der Waals surface area contributed by atoms with Crippen LogP contribution < -0.4 is 0 Å². The molecule has 0 aliphatic heterocycles. The molecular formula is C11H20O4. The van der Waals surface area contributed by atoms with Crippen molar-refractivity contribution in [2.75, 3.05) is 13.7 Å². The molecule has 2 atom stereocenters. The Balaban J connectivity index is 4.02. The van der Waals surface area contributed by atoms with Gasteiger partial charge in [0.25, 0.3) is 0 Å². The standard InChI is InChI=1S/C11H20O4/c1-5-6-7-15-11(13)9(3)8(2)10(12)14-4/h8-9H,5-7H2,1-4H3. The lowest BCUT2D eigenvalue weighted by atomic mass is 9.96. The maximum absolute atomic E-state index is 11.4. The highest BCUT2D eigenvalue weighted by Crippen LogP contribution is 2.14. The third-order valence-corrected chi connectivity index (χ3v) is 2.44. The van der Waals surface area contributed by atoms with Crippen LogP contribution in [0.3, 0.4) is 0 Å². The topological polar surface area (TPSA) is 52.6 Å². The van der Waals surface area contributed by atoms with Crippen molar-refractivity contribution in [1.82, 2.24) is 0 Å². The summed E-state index contributed by atoms with van der Waals surface area (Å²) in [4.78, 5) is 22.6. The Hall–Kier alpha value is -1.06. The molecule has 15 heavy (non-hydrogen) atoms. The van der Waals surface area contributed by atoms with Crippen molar-refractivity contribution in [1.29, 1.82) is 0 Å². The van der Waals surface area contributed by atoms with Crippen LogP contribution in [0.2, 0.25) is 0 Å². The number of methoxy groups -OCH3 is 1. The molecule has 0 saturated carbocycles. The summed E-state index contributed by atoms with van der Waals surface area (Å²) in [6.45, 7) is 5.79. The van der Waals surface area contributed by atoms with Gasteiger partial charge < -0.3 is 9.47 Å². The zero-order valence-corrected chi connectivity index (χ0v) is 9.91. The zero-order valence-electron chi connectivity index (χ0n) is 9.91. The first-order chi connectivity index (χ1) is 7.04. The molecule has 0 N–H and O–H groups in total. The lowest BCUT2D eigenvalue weighted by Gasteiger charge is -2.16. The molecule has 0 aliphatic carbocycles. The Kier molecular flexibility index (Phi) is 6.75. The molecule has 0 saturated heterocycles. The fourth-order valence-corrected chi connectivity index (χ4v) is 1.04. The van der Waals surface area contributed by atoms with Crippen molar-refractivity contribution in [2.24, 2.45) is 11.8 Å². The number of hydrogen-bond acceptors (Lipinski definition) is 4. The number of rotatable bonds is 6. The highest BCUT2D eigenvalue weighted by molar-refractivity contribution is 5.81. The molecule has 0 fully saturated rings. The highest BCUT2D eigenvalue weighted by atomic mass is 16.5. The molecule has 0 aromatic rings. The number of esters is 2. The normalized spacial score (nSPS) is 14.1. The molecule has 0 spiro atoms. The average Bonchev–Trinajstić information content (AvgIpc) is 2.26. The van der Waals surface area contributed by atoms with Gasteiger partial charge in [-0.1, -0.05) is 27.2 Å². The smallest absolute Gasteiger partial charge is 0.309 e. The van der Waals surface area contributed by atoms with Gasteiger partial charge in [-0.25, -0.2) is 0 Å². The maximum Gasteiger partial charge on any atom is 0.309 e. The molecule has 0 aromatic heterocycles. The van der Waals surface area contributed by atoms with Gasteiger partial charge in [0.05, 0.1) is 25.6 Å². The minimum atomic E-state index is -0.455.